The van der Waals surface area contributed by atoms with Crippen molar-refractivity contribution in [1.82, 2.24) is 0 Å². The van der Waals surface area contributed by atoms with Gasteiger partial charge in [0.05, 0.1) is 0 Å². The standard InChI is InChI=1S/C11H8Cl2O/c12-11(13)9-7-4-2-1-3-6(7)5-8(9)10(11)14/h1-4,8-9H,5H2/t8-,9-/m0/s1. The van der Waals surface area contributed by atoms with Gasteiger partial charge in [-0.15, -0.1) is 0 Å². The first-order chi connectivity index (χ1) is 6.62. The third kappa shape index (κ3) is 0.850. The number of carbonyl (C=O) groups is 1. The number of Topliss-reactive ketones (excluding diaryl/α,β-unsaturated/α-hetero) is 1. The number of alkyl halides is 2. The molecule has 0 heterocycles. The molecule has 3 rings (SSSR count). The molecule has 1 fully saturated rings. The van der Waals surface area contributed by atoms with Crippen molar-refractivity contribution in [3.63, 3.8) is 0 Å². The van der Waals surface area contributed by atoms with Crippen molar-refractivity contribution in [2.75, 3.05) is 0 Å². The highest BCUT2D eigenvalue weighted by Gasteiger charge is 2.63. The van der Waals surface area contributed by atoms with Crippen LogP contribution in [0.5, 0.6) is 0 Å². The van der Waals surface area contributed by atoms with Gasteiger partial charge in [-0.3, -0.25) is 4.79 Å². The number of hydrogen-bond acceptors (Lipinski definition) is 1. The lowest BCUT2D eigenvalue weighted by Gasteiger charge is -2.41. The average Bonchev–Trinajstić information content (AvgIpc) is 2.54. The van der Waals surface area contributed by atoms with E-state index in [9.17, 15) is 4.79 Å². The number of hydrogen-bond donors (Lipinski definition) is 0. The van der Waals surface area contributed by atoms with Gasteiger partial charge < -0.3 is 0 Å². The summed E-state index contributed by atoms with van der Waals surface area (Å²) >= 11 is 12.0. The minimum Gasteiger partial charge on any atom is -0.296 e. The van der Waals surface area contributed by atoms with Gasteiger partial charge in [0.25, 0.3) is 0 Å². The van der Waals surface area contributed by atoms with E-state index >= 15 is 0 Å². The lowest BCUT2D eigenvalue weighted by molar-refractivity contribution is -0.131. The highest BCUT2D eigenvalue weighted by Crippen LogP contribution is 2.59. The quantitative estimate of drug-likeness (QED) is 0.623. The minimum absolute atomic E-state index is 0.0120. The summed E-state index contributed by atoms with van der Waals surface area (Å²) in [6, 6.07) is 8.02. The average molecular weight is 227 g/mol. The van der Waals surface area contributed by atoms with Crippen LogP contribution < -0.4 is 0 Å². The lowest BCUT2D eigenvalue weighted by Crippen LogP contribution is -2.52. The molecule has 2 atom stereocenters. The maximum Gasteiger partial charge on any atom is 0.183 e. The van der Waals surface area contributed by atoms with Crippen LogP contribution in [0.15, 0.2) is 24.3 Å². The SMILES string of the molecule is O=C1[C@H]2Cc3ccccc3[C@@H]2C1(Cl)Cl. The summed E-state index contributed by atoms with van der Waals surface area (Å²) in [7, 11) is 0. The first-order valence-electron chi connectivity index (χ1n) is 4.62. The molecular formula is C11H8Cl2O. The Morgan fingerprint density at radius 1 is 1.29 bits per heavy atom. The number of halogens is 2. The maximum absolute atomic E-state index is 11.6. The summed E-state index contributed by atoms with van der Waals surface area (Å²) in [6.45, 7) is 0. The Morgan fingerprint density at radius 2 is 2.00 bits per heavy atom. The largest absolute Gasteiger partial charge is 0.296 e. The van der Waals surface area contributed by atoms with Crippen molar-refractivity contribution in [2.45, 2.75) is 16.7 Å². The maximum atomic E-state index is 11.6. The molecule has 2 aliphatic carbocycles. The van der Waals surface area contributed by atoms with Crippen molar-refractivity contribution < 1.29 is 4.79 Å². The van der Waals surface area contributed by atoms with Crippen molar-refractivity contribution in [1.29, 1.82) is 0 Å². The number of ketones is 1. The second kappa shape index (κ2) is 2.53. The van der Waals surface area contributed by atoms with Crippen LogP contribution in [0.1, 0.15) is 17.0 Å². The monoisotopic (exact) mass is 226 g/mol. The molecule has 0 aliphatic heterocycles. The molecular weight excluding hydrogens is 219 g/mol. The Bertz CT molecular complexity index is 425. The van der Waals surface area contributed by atoms with Crippen LogP contribution in [0.25, 0.3) is 0 Å². The van der Waals surface area contributed by atoms with Crippen LogP contribution in [0.2, 0.25) is 0 Å². The Morgan fingerprint density at radius 3 is 2.79 bits per heavy atom. The van der Waals surface area contributed by atoms with Crippen LogP contribution in [-0.2, 0) is 11.2 Å². The van der Waals surface area contributed by atoms with E-state index in [0.717, 1.165) is 12.0 Å². The van der Waals surface area contributed by atoms with Crippen molar-refractivity contribution in [3.05, 3.63) is 35.4 Å². The summed E-state index contributed by atoms with van der Waals surface area (Å²) in [5.41, 5.74) is 2.38. The number of rotatable bonds is 0. The third-order valence-electron chi connectivity index (χ3n) is 3.29. The zero-order valence-electron chi connectivity index (χ0n) is 7.34. The second-order valence-corrected chi connectivity index (χ2v) is 5.36. The fourth-order valence-corrected chi connectivity index (χ4v) is 3.41. The third-order valence-corrected chi connectivity index (χ3v) is 4.13. The molecule has 0 amide bonds. The molecule has 0 N–H and O–H groups in total. The first-order valence-corrected chi connectivity index (χ1v) is 5.38. The molecule has 2 aliphatic rings. The van der Waals surface area contributed by atoms with Crippen molar-refractivity contribution >= 4 is 29.0 Å². The topological polar surface area (TPSA) is 17.1 Å². The lowest BCUT2D eigenvalue weighted by atomic mass is 9.72. The van der Waals surface area contributed by atoms with E-state index in [4.69, 9.17) is 23.2 Å². The zero-order chi connectivity index (χ0) is 9.92. The normalized spacial score (nSPS) is 32.0. The predicted octanol–water partition coefficient (Wildman–Crippen LogP) is 2.70. The molecule has 0 saturated heterocycles. The molecule has 1 nitrogen and oxygen atoms in total. The Kier molecular flexibility index (Phi) is 1.58. The van der Waals surface area contributed by atoms with Gasteiger partial charge in [0, 0.05) is 11.8 Å². The predicted molar refractivity (Wildman–Crippen MR) is 55.8 cm³/mol. The highest BCUT2D eigenvalue weighted by molar-refractivity contribution is 6.61. The van der Waals surface area contributed by atoms with E-state index in [1.165, 1.54) is 5.56 Å². The number of fused-ring (bicyclic) bond motifs is 3. The molecule has 1 saturated carbocycles. The molecule has 0 bridgehead atoms. The first kappa shape index (κ1) is 8.75. The molecule has 0 radical (unpaired) electrons. The second-order valence-electron chi connectivity index (χ2n) is 3.97. The molecule has 0 aromatic heterocycles. The molecule has 0 spiro atoms. The summed E-state index contributed by atoms with van der Waals surface area (Å²) in [4.78, 5) is 11.6. The number of benzene rings is 1. The van der Waals surface area contributed by atoms with Gasteiger partial charge in [-0.2, -0.15) is 0 Å². The Hall–Kier alpha value is -0.530. The van der Waals surface area contributed by atoms with Crippen molar-refractivity contribution in [3.8, 4) is 0 Å². The molecule has 1 aromatic carbocycles. The molecule has 0 unspecified atom stereocenters. The molecule has 3 heteroatoms. The van der Waals surface area contributed by atoms with Crippen LogP contribution in [-0.4, -0.2) is 10.1 Å². The summed E-state index contributed by atoms with van der Waals surface area (Å²) in [5.74, 6) is 0.0407. The minimum atomic E-state index is -1.17. The van der Waals surface area contributed by atoms with E-state index in [1.807, 2.05) is 24.3 Å². The summed E-state index contributed by atoms with van der Waals surface area (Å²) < 4.78 is -1.17. The van der Waals surface area contributed by atoms with E-state index < -0.39 is 4.33 Å². The van der Waals surface area contributed by atoms with Crippen LogP contribution in [0.3, 0.4) is 0 Å². The van der Waals surface area contributed by atoms with Gasteiger partial charge in [-0.1, -0.05) is 47.5 Å². The summed E-state index contributed by atoms with van der Waals surface area (Å²) in [6.07, 6.45) is 0.806. The molecule has 72 valence electrons. The van der Waals surface area contributed by atoms with E-state index in [-0.39, 0.29) is 17.6 Å². The Balaban J connectivity index is 2.13. The van der Waals surface area contributed by atoms with E-state index in [2.05, 4.69) is 0 Å². The van der Waals surface area contributed by atoms with Gasteiger partial charge in [0.15, 0.2) is 10.1 Å². The number of carbonyl (C=O) groups excluding carboxylic acids is 1. The van der Waals surface area contributed by atoms with Crippen LogP contribution in [0, 0.1) is 5.92 Å². The zero-order valence-corrected chi connectivity index (χ0v) is 8.85. The van der Waals surface area contributed by atoms with Gasteiger partial charge in [0.1, 0.15) is 0 Å². The molecule has 1 aromatic rings. The molecule has 14 heavy (non-hydrogen) atoms. The summed E-state index contributed by atoms with van der Waals surface area (Å²) in [5, 5.41) is 0. The smallest absolute Gasteiger partial charge is 0.183 e. The van der Waals surface area contributed by atoms with Crippen LogP contribution in [0.4, 0.5) is 0 Å². The fourth-order valence-electron chi connectivity index (χ4n) is 2.59. The van der Waals surface area contributed by atoms with Gasteiger partial charge in [-0.25, -0.2) is 0 Å². The van der Waals surface area contributed by atoms with E-state index in [1.54, 1.807) is 0 Å². The van der Waals surface area contributed by atoms with Gasteiger partial charge in [-0.05, 0) is 17.5 Å². The fraction of sp³-hybridized carbons (Fsp3) is 0.364. The van der Waals surface area contributed by atoms with Crippen LogP contribution >= 0.6 is 23.2 Å². The van der Waals surface area contributed by atoms with E-state index in [0.29, 0.717) is 0 Å². The van der Waals surface area contributed by atoms with Gasteiger partial charge in [0.2, 0.25) is 0 Å². The van der Waals surface area contributed by atoms with Gasteiger partial charge >= 0.3 is 0 Å². The van der Waals surface area contributed by atoms with Crippen molar-refractivity contribution in [2.24, 2.45) is 5.92 Å². The highest BCUT2D eigenvalue weighted by atomic mass is 35.5. The Labute approximate surface area is 92.0 Å².